The van der Waals surface area contributed by atoms with E-state index in [1.807, 2.05) is 18.7 Å². The Hall–Kier alpha value is -0.690. The number of carbonyl (C=O) groups is 1. The quantitative estimate of drug-likeness (QED) is 0.613. The second kappa shape index (κ2) is 7.68. The van der Waals surface area contributed by atoms with Crippen LogP contribution in [0, 0.1) is 0 Å². The molecule has 3 atom stereocenters. The van der Waals surface area contributed by atoms with Crippen molar-refractivity contribution in [1.29, 1.82) is 0 Å². The third-order valence-electron chi connectivity index (χ3n) is 3.09. The van der Waals surface area contributed by atoms with Gasteiger partial charge in [0.2, 0.25) is 5.91 Å². The van der Waals surface area contributed by atoms with E-state index >= 15 is 0 Å². The van der Waals surface area contributed by atoms with Crippen molar-refractivity contribution in [1.82, 2.24) is 10.2 Å². The van der Waals surface area contributed by atoms with E-state index in [0.29, 0.717) is 26.2 Å². The van der Waals surface area contributed by atoms with Crippen LogP contribution < -0.4 is 5.32 Å². The second-order valence-electron chi connectivity index (χ2n) is 4.66. The number of methoxy groups -OCH3 is 1. The molecule has 1 aliphatic heterocycles. The Morgan fingerprint density at radius 1 is 1.61 bits per heavy atom. The molecule has 0 bridgehead atoms. The topological polar surface area (TPSA) is 71.0 Å². The van der Waals surface area contributed by atoms with Gasteiger partial charge in [0, 0.05) is 26.7 Å². The predicted molar refractivity (Wildman–Crippen MR) is 67.3 cm³/mol. The molecule has 0 aromatic rings. The molecule has 1 saturated heterocycles. The summed E-state index contributed by atoms with van der Waals surface area (Å²) in [4.78, 5) is 13.9. The molecule has 0 aliphatic carbocycles. The van der Waals surface area contributed by atoms with Crippen molar-refractivity contribution in [3.8, 4) is 0 Å². The van der Waals surface area contributed by atoms with Crippen LogP contribution in [0.15, 0.2) is 0 Å². The molecule has 6 heteroatoms. The number of hydrogen-bond acceptors (Lipinski definition) is 5. The maximum atomic E-state index is 11.9. The van der Waals surface area contributed by atoms with Crippen molar-refractivity contribution >= 4 is 5.91 Å². The van der Waals surface area contributed by atoms with E-state index in [0.717, 1.165) is 0 Å². The van der Waals surface area contributed by atoms with E-state index in [-0.39, 0.29) is 30.8 Å². The molecule has 1 aliphatic rings. The highest BCUT2D eigenvalue weighted by atomic mass is 16.5. The third-order valence-corrected chi connectivity index (χ3v) is 3.09. The maximum absolute atomic E-state index is 11.9. The molecule has 0 saturated carbocycles. The average molecular weight is 260 g/mol. The van der Waals surface area contributed by atoms with Crippen LogP contribution in [-0.4, -0.2) is 74.1 Å². The lowest BCUT2D eigenvalue weighted by Gasteiger charge is -2.38. The second-order valence-corrected chi connectivity index (χ2v) is 4.66. The lowest BCUT2D eigenvalue weighted by molar-refractivity contribution is -0.135. The Morgan fingerprint density at radius 2 is 2.33 bits per heavy atom. The summed E-state index contributed by atoms with van der Waals surface area (Å²) in [6.07, 6.45) is -0.173. The molecule has 6 nitrogen and oxygen atoms in total. The van der Waals surface area contributed by atoms with E-state index in [4.69, 9.17) is 14.6 Å². The first-order valence-corrected chi connectivity index (χ1v) is 6.35. The highest BCUT2D eigenvalue weighted by Gasteiger charge is 2.30. The molecule has 0 aromatic heterocycles. The van der Waals surface area contributed by atoms with Gasteiger partial charge in [0.15, 0.2) is 0 Å². The van der Waals surface area contributed by atoms with Gasteiger partial charge in [0.05, 0.1) is 31.5 Å². The molecule has 0 radical (unpaired) electrons. The van der Waals surface area contributed by atoms with Crippen molar-refractivity contribution in [2.45, 2.75) is 32.1 Å². The average Bonchev–Trinajstić information content (AvgIpc) is 2.37. The van der Waals surface area contributed by atoms with E-state index in [1.54, 1.807) is 7.11 Å². The Bertz CT molecular complexity index is 262. The predicted octanol–water partition coefficient (Wildman–Crippen LogP) is -0.781. The van der Waals surface area contributed by atoms with Gasteiger partial charge in [-0.1, -0.05) is 0 Å². The zero-order valence-electron chi connectivity index (χ0n) is 11.4. The summed E-state index contributed by atoms with van der Waals surface area (Å²) in [6.45, 7) is 6.12. The fourth-order valence-electron chi connectivity index (χ4n) is 2.09. The maximum Gasteiger partial charge on any atom is 0.237 e. The smallest absolute Gasteiger partial charge is 0.237 e. The molecule has 1 amide bonds. The summed E-state index contributed by atoms with van der Waals surface area (Å²) < 4.78 is 10.4. The Kier molecular flexibility index (Phi) is 6.56. The molecule has 1 heterocycles. The van der Waals surface area contributed by atoms with Crippen molar-refractivity contribution in [3.05, 3.63) is 0 Å². The zero-order valence-corrected chi connectivity index (χ0v) is 11.4. The highest BCUT2D eigenvalue weighted by molar-refractivity contribution is 5.81. The van der Waals surface area contributed by atoms with Crippen LogP contribution in [0.1, 0.15) is 13.8 Å². The Labute approximate surface area is 108 Å². The number of amides is 1. The number of hydrogen-bond donors (Lipinski definition) is 2. The van der Waals surface area contributed by atoms with Gasteiger partial charge in [0.25, 0.3) is 0 Å². The van der Waals surface area contributed by atoms with Gasteiger partial charge in [-0.3, -0.25) is 9.69 Å². The molecule has 1 rings (SSSR count). The summed E-state index contributed by atoms with van der Waals surface area (Å²) in [6, 6.07) is -0.220. The van der Waals surface area contributed by atoms with Crippen LogP contribution in [-0.2, 0) is 14.3 Å². The third kappa shape index (κ3) is 4.53. The molecular weight excluding hydrogens is 236 g/mol. The van der Waals surface area contributed by atoms with Crippen LogP contribution in [0.5, 0.6) is 0 Å². The van der Waals surface area contributed by atoms with Crippen LogP contribution >= 0.6 is 0 Å². The molecule has 2 N–H and O–H groups in total. The fraction of sp³-hybridized carbons (Fsp3) is 0.917. The van der Waals surface area contributed by atoms with Crippen molar-refractivity contribution in [2.75, 3.05) is 40.0 Å². The summed E-state index contributed by atoms with van der Waals surface area (Å²) >= 11 is 0. The largest absolute Gasteiger partial charge is 0.394 e. The number of carbonyl (C=O) groups excluding carboxylic acids is 1. The summed E-state index contributed by atoms with van der Waals surface area (Å²) in [5.74, 6) is -0.0159. The van der Waals surface area contributed by atoms with E-state index in [9.17, 15) is 4.79 Å². The molecule has 3 unspecified atom stereocenters. The Morgan fingerprint density at radius 3 is 2.94 bits per heavy atom. The SMILES string of the molecule is COCCNC(=O)C(C)N1CC(C)OC(CO)C1. The van der Waals surface area contributed by atoms with Crippen LogP contribution in [0.4, 0.5) is 0 Å². The number of ether oxygens (including phenoxy) is 2. The first kappa shape index (κ1) is 15.4. The van der Waals surface area contributed by atoms with Gasteiger partial charge in [-0.25, -0.2) is 0 Å². The van der Waals surface area contributed by atoms with Gasteiger partial charge >= 0.3 is 0 Å². The summed E-state index contributed by atoms with van der Waals surface area (Å²) in [5, 5.41) is 12.0. The first-order chi connectivity index (χ1) is 8.58. The lowest BCUT2D eigenvalue weighted by atomic mass is 10.1. The van der Waals surface area contributed by atoms with Gasteiger partial charge in [-0.05, 0) is 13.8 Å². The van der Waals surface area contributed by atoms with Gasteiger partial charge in [-0.15, -0.1) is 0 Å². The first-order valence-electron chi connectivity index (χ1n) is 6.35. The summed E-state index contributed by atoms with van der Waals surface area (Å²) in [7, 11) is 1.60. The summed E-state index contributed by atoms with van der Waals surface area (Å²) in [5.41, 5.74) is 0. The van der Waals surface area contributed by atoms with E-state index in [2.05, 4.69) is 5.32 Å². The number of morpholine rings is 1. The van der Waals surface area contributed by atoms with Crippen molar-refractivity contribution in [2.24, 2.45) is 0 Å². The molecular formula is C12H24N2O4. The molecule has 0 spiro atoms. The van der Waals surface area contributed by atoms with Gasteiger partial charge in [-0.2, -0.15) is 0 Å². The van der Waals surface area contributed by atoms with E-state index in [1.165, 1.54) is 0 Å². The monoisotopic (exact) mass is 260 g/mol. The van der Waals surface area contributed by atoms with Crippen molar-refractivity contribution < 1.29 is 19.4 Å². The normalized spacial score (nSPS) is 26.9. The zero-order chi connectivity index (χ0) is 13.5. The minimum atomic E-state index is -0.220. The standard InChI is InChI=1S/C12H24N2O4/c1-9-6-14(7-11(8-15)18-9)10(2)12(16)13-4-5-17-3/h9-11,15H,4-8H2,1-3H3,(H,13,16). The minimum absolute atomic E-state index is 0.0150. The number of aliphatic hydroxyl groups is 1. The van der Waals surface area contributed by atoms with Crippen LogP contribution in [0.2, 0.25) is 0 Å². The molecule has 106 valence electrons. The fourth-order valence-corrected chi connectivity index (χ4v) is 2.09. The Balaban J connectivity index is 2.43. The number of nitrogens with zero attached hydrogens (tertiary/aromatic N) is 1. The number of aliphatic hydroxyl groups excluding tert-OH is 1. The van der Waals surface area contributed by atoms with Crippen LogP contribution in [0.25, 0.3) is 0 Å². The highest BCUT2D eigenvalue weighted by Crippen LogP contribution is 2.13. The number of rotatable bonds is 6. The van der Waals surface area contributed by atoms with Crippen molar-refractivity contribution in [3.63, 3.8) is 0 Å². The minimum Gasteiger partial charge on any atom is -0.394 e. The van der Waals surface area contributed by atoms with Gasteiger partial charge in [0.1, 0.15) is 0 Å². The van der Waals surface area contributed by atoms with E-state index < -0.39 is 0 Å². The molecule has 18 heavy (non-hydrogen) atoms. The lowest BCUT2D eigenvalue weighted by Crippen LogP contribution is -2.55. The number of nitrogens with one attached hydrogen (secondary N) is 1. The van der Waals surface area contributed by atoms with Crippen LogP contribution in [0.3, 0.4) is 0 Å². The molecule has 0 aromatic carbocycles. The van der Waals surface area contributed by atoms with Gasteiger partial charge < -0.3 is 19.9 Å². The molecule has 1 fully saturated rings.